The van der Waals surface area contributed by atoms with Crippen molar-refractivity contribution in [3.8, 4) is 0 Å². The van der Waals surface area contributed by atoms with Crippen LogP contribution in [0.1, 0.15) is 6.92 Å². The Morgan fingerprint density at radius 2 is 2.29 bits per heavy atom. The largest absolute Gasteiger partial charge is 0.382 e. The molecule has 0 saturated carbocycles. The molecule has 0 amide bonds. The van der Waals surface area contributed by atoms with Crippen molar-refractivity contribution < 1.29 is 0 Å². The lowest BCUT2D eigenvalue weighted by Gasteiger charge is -1.81. The van der Waals surface area contributed by atoms with Gasteiger partial charge in [0, 0.05) is 0 Å². The summed E-state index contributed by atoms with van der Waals surface area (Å²) in [5, 5.41) is 3.19. The Bertz CT molecular complexity index is 93.1. The minimum atomic E-state index is 0.350. The van der Waals surface area contributed by atoms with E-state index in [1.807, 2.05) is 6.92 Å². The maximum atomic E-state index is 5.12. The van der Waals surface area contributed by atoms with Gasteiger partial charge in [0.15, 0.2) is 0 Å². The number of nitrogens with two attached hydrogens (primary N) is 2. The summed E-state index contributed by atoms with van der Waals surface area (Å²) in [6.07, 6.45) is 3.39. The van der Waals surface area contributed by atoms with E-state index in [2.05, 4.69) is 5.10 Å². The first-order valence-corrected chi connectivity index (χ1v) is 1.97. The first kappa shape index (κ1) is 6.01. The lowest BCUT2D eigenvalue weighted by Crippen LogP contribution is -2.09. The first-order valence-electron chi connectivity index (χ1n) is 1.97. The highest BCUT2D eigenvalue weighted by Gasteiger charge is 1.72. The van der Waals surface area contributed by atoms with Gasteiger partial charge < -0.3 is 11.6 Å². The van der Waals surface area contributed by atoms with E-state index in [9.17, 15) is 0 Å². The standard InChI is InChI=1S/C4H9N3/c1-2-3-4(5)7-6/h2-3H,6H2,1H3,(H2,5,7)/b3-2-. The van der Waals surface area contributed by atoms with Crippen LogP contribution in [0.5, 0.6) is 0 Å². The maximum absolute atomic E-state index is 5.12. The molecular formula is C4H9N3. The Morgan fingerprint density at radius 3 is 2.43 bits per heavy atom. The van der Waals surface area contributed by atoms with E-state index >= 15 is 0 Å². The second-order valence-corrected chi connectivity index (χ2v) is 1.05. The Kier molecular flexibility index (Phi) is 2.76. The lowest BCUT2D eigenvalue weighted by molar-refractivity contribution is 1.24. The fourth-order valence-corrected chi connectivity index (χ4v) is 0.214. The summed E-state index contributed by atoms with van der Waals surface area (Å²) >= 11 is 0. The smallest absolute Gasteiger partial charge is 0.142 e. The monoisotopic (exact) mass is 99.1 g/mol. The third-order valence-electron chi connectivity index (χ3n) is 0.486. The molecule has 0 fully saturated rings. The van der Waals surface area contributed by atoms with Crippen molar-refractivity contribution in [1.82, 2.24) is 0 Å². The molecular weight excluding hydrogens is 90.1 g/mol. The van der Waals surface area contributed by atoms with Crippen molar-refractivity contribution in [2.24, 2.45) is 16.7 Å². The number of nitrogens with zero attached hydrogens (tertiary/aromatic N) is 1. The van der Waals surface area contributed by atoms with Gasteiger partial charge in [0.2, 0.25) is 0 Å². The van der Waals surface area contributed by atoms with Crippen LogP contribution in [0, 0.1) is 0 Å². The van der Waals surface area contributed by atoms with Gasteiger partial charge in [-0.1, -0.05) is 6.08 Å². The normalized spacial score (nSPS) is 13.0. The van der Waals surface area contributed by atoms with E-state index in [0.717, 1.165) is 0 Å². The second-order valence-electron chi connectivity index (χ2n) is 1.05. The third kappa shape index (κ3) is 2.82. The molecule has 0 spiro atoms. The van der Waals surface area contributed by atoms with E-state index in [4.69, 9.17) is 11.6 Å². The highest BCUT2D eigenvalue weighted by molar-refractivity contribution is 5.90. The Hall–Kier alpha value is -0.990. The average Bonchev–Trinajstić information content (AvgIpc) is 1.68. The van der Waals surface area contributed by atoms with E-state index in [1.165, 1.54) is 0 Å². The first-order chi connectivity index (χ1) is 3.31. The van der Waals surface area contributed by atoms with E-state index in [0.29, 0.717) is 5.84 Å². The second kappa shape index (κ2) is 3.21. The quantitative estimate of drug-likeness (QED) is 0.207. The molecule has 0 aromatic carbocycles. The van der Waals surface area contributed by atoms with Gasteiger partial charge in [-0.3, -0.25) is 0 Å². The molecule has 0 aliphatic carbocycles. The van der Waals surface area contributed by atoms with Crippen LogP contribution in [0.4, 0.5) is 0 Å². The molecule has 7 heavy (non-hydrogen) atoms. The van der Waals surface area contributed by atoms with Crippen molar-refractivity contribution in [2.75, 3.05) is 0 Å². The van der Waals surface area contributed by atoms with Crippen molar-refractivity contribution in [1.29, 1.82) is 0 Å². The summed E-state index contributed by atoms with van der Waals surface area (Å²) in [4.78, 5) is 0. The number of hydrazone groups is 1. The maximum Gasteiger partial charge on any atom is 0.142 e. The van der Waals surface area contributed by atoms with Crippen LogP contribution < -0.4 is 11.6 Å². The van der Waals surface area contributed by atoms with Crippen LogP contribution >= 0.6 is 0 Å². The Balaban J connectivity index is 3.58. The number of amidine groups is 1. The zero-order chi connectivity index (χ0) is 5.70. The molecule has 0 saturated heterocycles. The van der Waals surface area contributed by atoms with Crippen LogP contribution in [0.3, 0.4) is 0 Å². The average molecular weight is 99.1 g/mol. The molecule has 3 nitrogen and oxygen atoms in total. The van der Waals surface area contributed by atoms with Gasteiger partial charge >= 0.3 is 0 Å². The molecule has 0 aliphatic rings. The van der Waals surface area contributed by atoms with Gasteiger partial charge in [-0.05, 0) is 13.0 Å². The number of hydrogen-bond donors (Lipinski definition) is 2. The van der Waals surface area contributed by atoms with E-state index in [1.54, 1.807) is 12.2 Å². The van der Waals surface area contributed by atoms with Crippen molar-refractivity contribution >= 4 is 5.84 Å². The van der Waals surface area contributed by atoms with Crippen molar-refractivity contribution in [2.45, 2.75) is 6.92 Å². The summed E-state index contributed by atoms with van der Waals surface area (Å²) in [5.74, 6) is 5.12. The summed E-state index contributed by atoms with van der Waals surface area (Å²) in [6.45, 7) is 1.85. The van der Waals surface area contributed by atoms with Crippen LogP contribution in [0.25, 0.3) is 0 Å². The predicted molar refractivity (Wildman–Crippen MR) is 30.6 cm³/mol. The fraction of sp³-hybridized carbons (Fsp3) is 0.250. The van der Waals surface area contributed by atoms with Gasteiger partial charge in [-0.15, -0.1) is 0 Å². The Labute approximate surface area is 42.7 Å². The molecule has 0 rings (SSSR count). The van der Waals surface area contributed by atoms with E-state index in [-0.39, 0.29) is 0 Å². The molecule has 4 N–H and O–H groups in total. The molecule has 0 aromatic heterocycles. The molecule has 0 aromatic rings. The molecule has 0 atom stereocenters. The summed E-state index contributed by atoms with van der Waals surface area (Å²) in [5.41, 5.74) is 5.12. The fourth-order valence-electron chi connectivity index (χ4n) is 0.214. The van der Waals surface area contributed by atoms with Gasteiger partial charge in [-0.25, -0.2) is 0 Å². The SMILES string of the molecule is C/C=C\C(N)=N/N. The topological polar surface area (TPSA) is 64.4 Å². The molecule has 0 unspecified atom stereocenters. The molecule has 40 valence electrons. The Morgan fingerprint density at radius 1 is 1.71 bits per heavy atom. The van der Waals surface area contributed by atoms with Gasteiger partial charge in [0.25, 0.3) is 0 Å². The lowest BCUT2D eigenvalue weighted by atomic mass is 10.5. The minimum Gasteiger partial charge on any atom is -0.382 e. The van der Waals surface area contributed by atoms with Crippen LogP contribution in [-0.4, -0.2) is 5.84 Å². The number of hydrogen-bond acceptors (Lipinski definition) is 2. The van der Waals surface area contributed by atoms with Gasteiger partial charge in [0.05, 0.1) is 0 Å². The zero-order valence-electron chi connectivity index (χ0n) is 4.26. The van der Waals surface area contributed by atoms with Crippen molar-refractivity contribution in [3.63, 3.8) is 0 Å². The molecule has 3 heteroatoms. The highest BCUT2D eigenvalue weighted by atomic mass is 15.1. The van der Waals surface area contributed by atoms with Crippen LogP contribution in [0.2, 0.25) is 0 Å². The van der Waals surface area contributed by atoms with Gasteiger partial charge in [0.1, 0.15) is 5.84 Å². The van der Waals surface area contributed by atoms with Gasteiger partial charge in [-0.2, -0.15) is 5.10 Å². The highest BCUT2D eigenvalue weighted by Crippen LogP contribution is 1.66. The minimum absolute atomic E-state index is 0.350. The van der Waals surface area contributed by atoms with Crippen LogP contribution in [-0.2, 0) is 0 Å². The number of allylic oxidation sites excluding steroid dienone is 1. The van der Waals surface area contributed by atoms with E-state index < -0.39 is 0 Å². The zero-order valence-corrected chi connectivity index (χ0v) is 4.26. The molecule has 0 bridgehead atoms. The summed E-state index contributed by atoms with van der Waals surface area (Å²) in [7, 11) is 0. The third-order valence-corrected chi connectivity index (χ3v) is 0.486. The summed E-state index contributed by atoms with van der Waals surface area (Å²) in [6, 6.07) is 0. The van der Waals surface area contributed by atoms with Crippen LogP contribution in [0.15, 0.2) is 17.3 Å². The molecule has 0 heterocycles. The molecule has 0 radical (unpaired) electrons. The summed E-state index contributed by atoms with van der Waals surface area (Å²) < 4.78 is 0. The van der Waals surface area contributed by atoms with Crippen molar-refractivity contribution in [3.05, 3.63) is 12.2 Å². The number of rotatable bonds is 1. The predicted octanol–water partition coefficient (Wildman–Crippen LogP) is -0.207. The molecule has 0 aliphatic heterocycles.